The highest BCUT2D eigenvalue weighted by molar-refractivity contribution is 6.30. The van der Waals surface area contributed by atoms with Crippen LogP contribution in [-0.4, -0.2) is 17.5 Å². The second-order valence-electron chi connectivity index (χ2n) is 7.03. The molecular formula is C23H20ClN3O3. The molecule has 1 aromatic heterocycles. The molecule has 0 bridgehead atoms. The van der Waals surface area contributed by atoms with Gasteiger partial charge in [-0.15, -0.1) is 0 Å². The number of carbonyl (C=O) groups is 2. The molecule has 0 atom stereocenters. The maximum Gasteiger partial charge on any atom is 0.291 e. The number of hydrogen-bond acceptors (Lipinski definition) is 4. The van der Waals surface area contributed by atoms with Crippen LogP contribution in [0.15, 0.2) is 64.1 Å². The number of para-hydroxylation sites is 1. The van der Waals surface area contributed by atoms with E-state index >= 15 is 0 Å². The number of nitrogens with zero attached hydrogens (tertiary/aromatic N) is 1. The summed E-state index contributed by atoms with van der Waals surface area (Å²) in [5.41, 5.74) is 5.99. The Bertz CT molecular complexity index is 1120. The van der Waals surface area contributed by atoms with E-state index in [-0.39, 0.29) is 17.6 Å². The van der Waals surface area contributed by atoms with Crippen LogP contribution in [0.4, 0.5) is 5.69 Å². The van der Waals surface area contributed by atoms with Gasteiger partial charge >= 0.3 is 0 Å². The van der Waals surface area contributed by atoms with Gasteiger partial charge < -0.3 is 9.73 Å². The fourth-order valence-corrected chi connectivity index (χ4v) is 3.62. The topological polar surface area (TPSA) is 83.7 Å². The summed E-state index contributed by atoms with van der Waals surface area (Å²) in [6.45, 7) is 1.84. The van der Waals surface area contributed by atoms with Gasteiger partial charge in [-0.3, -0.25) is 9.59 Å². The second kappa shape index (κ2) is 8.55. The maximum absolute atomic E-state index is 12.7. The summed E-state index contributed by atoms with van der Waals surface area (Å²) in [5.74, 6) is 0.353. The minimum Gasteiger partial charge on any atom is -0.455 e. The van der Waals surface area contributed by atoms with Crippen LogP contribution in [-0.2, 0) is 6.42 Å². The minimum atomic E-state index is -0.325. The largest absolute Gasteiger partial charge is 0.455 e. The second-order valence-corrected chi connectivity index (χ2v) is 7.47. The van der Waals surface area contributed by atoms with Gasteiger partial charge in [-0.05, 0) is 56.2 Å². The monoisotopic (exact) mass is 421 g/mol. The summed E-state index contributed by atoms with van der Waals surface area (Å²) >= 11 is 5.87. The van der Waals surface area contributed by atoms with Gasteiger partial charge in [0.1, 0.15) is 5.76 Å². The highest BCUT2D eigenvalue weighted by Crippen LogP contribution is 2.30. The lowest BCUT2D eigenvalue weighted by Gasteiger charge is -2.13. The zero-order valence-corrected chi connectivity index (χ0v) is 17.1. The number of fused-ring (bicyclic) bond motifs is 1. The highest BCUT2D eigenvalue weighted by atomic mass is 35.5. The molecule has 0 saturated heterocycles. The van der Waals surface area contributed by atoms with Crippen molar-refractivity contribution in [1.82, 2.24) is 5.43 Å². The molecule has 3 aromatic rings. The summed E-state index contributed by atoms with van der Waals surface area (Å²) in [7, 11) is 0. The third-order valence-electron chi connectivity index (χ3n) is 4.96. The van der Waals surface area contributed by atoms with Gasteiger partial charge in [0.25, 0.3) is 11.8 Å². The summed E-state index contributed by atoms with van der Waals surface area (Å²) in [6.07, 6.45) is 2.24. The molecule has 2 aromatic carbocycles. The van der Waals surface area contributed by atoms with E-state index in [9.17, 15) is 9.59 Å². The maximum atomic E-state index is 12.7. The molecule has 0 radical (unpaired) electrons. The van der Waals surface area contributed by atoms with Crippen LogP contribution in [0, 0.1) is 6.92 Å². The average molecular weight is 422 g/mol. The van der Waals surface area contributed by atoms with Gasteiger partial charge in [0.05, 0.1) is 5.71 Å². The van der Waals surface area contributed by atoms with Gasteiger partial charge in [0.15, 0.2) is 5.76 Å². The van der Waals surface area contributed by atoms with Crippen molar-refractivity contribution in [3.8, 4) is 0 Å². The molecule has 1 heterocycles. The van der Waals surface area contributed by atoms with Crippen molar-refractivity contribution >= 4 is 34.8 Å². The molecule has 7 heteroatoms. The van der Waals surface area contributed by atoms with Crippen LogP contribution in [0.2, 0.25) is 5.02 Å². The van der Waals surface area contributed by atoms with E-state index in [0.29, 0.717) is 28.4 Å². The molecule has 152 valence electrons. The Hall–Kier alpha value is -3.38. The van der Waals surface area contributed by atoms with E-state index in [4.69, 9.17) is 16.0 Å². The van der Waals surface area contributed by atoms with Crippen LogP contribution in [0.5, 0.6) is 0 Å². The van der Waals surface area contributed by atoms with E-state index in [0.717, 1.165) is 29.7 Å². The predicted octanol–water partition coefficient (Wildman–Crippen LogP) is 4.96. The van der Waals surface area contributed by atoms with Crippen molar-refractivity contribution in [1.29, 1.82) is 0 Å². The zero-order valence-electron chi connectivity index (χ0n) is 16.4. The number of aryl methyl sites for hydroxylation is 1. The number of amides is 2. The number of anilines is 1. The summed E-state index contributed by atoms with van der Waals surface area (Å²) < 4.78 is 5.89. The van der Waals surface area contributed by atoms with E-state index in [2.05, 4.69) is 15.8 Å². The van der Waals surface area contributed by atoms with Crippen molar-refractivity contribution < 1.29 is 14.0 Å². The van der Waals surface area contributed by atoms with Gasteiger partial charge in [-0.2, -0.15) is 5.10 Å². The van der Waals surface area contributed by atoms with Crippen molar-refractivity contribution in [3.63, 3.8) is 0 Å². The summed E-state index contributed by atoms with van der Waals surface area (Å²) in [5, 5.41) is 7.74. The fraction of sp³-hybridized carbons (Fsp3) is 0.174. The molecule has 1 aliphatic rings. The molecule has 1 aliphatic carbocycles. The Morgan fingerprint density at radius 2 is 1.73 bits per heavy atom. The number of hydrogen-bond donors (Lipinski definition) is 2. The van der Waals surface area contributed by atoms with Crippen LogP contribution in [0.3, 0.4) is 0 Å². The van der Waals surface area contributed by atoms with E-state index < -0.39 is 0 Å². The predicted molar refractivity (Wildman–Crippen MR) is 116 cm³/mol. The van der Waals surface area contributed by atoms with Crippen molar-refractivity contribution in [3.05, 3.63) is 87.8 Å². The molecule has 0 unspecified atom stereocenters. The summed E-state index contributed by atoms with van der Waals surface area (Å²) in [4.78, 5) is 25.1. The molecule has 0 aliphatic heterocycles. The number of rotatable bonds is 4. The third kappa shape index (κ3) is 4.14. The highest BCUT2D eigenvalue weighted by Gasteiger charge is 2.28. The molecule has 2 N–H and O–H groups in total. The lowest BCUT2D eigenvalue weighted by Crippen LogP contribution is -2.22. The quantitative estimate of drug-likeness (QED) is 0.583. The SMILES string of the molecule is Cc1c(C(=O)Nc2ccccc2)oc2c1/C(=N/NC(=O)c1ccc(Cl)cc1)CCC2. The van der Waals surface area contributed by atoms with Gasteiger partial charge in [0, 0.05) is 33.8 Å². The van der Waals surface area contributed by atoms with Crippen molar-refractivity contribution in [2.24, 2.45) is 5.10 Å². The lowest BCUT2D eigenvalue weighted by atomic mass is 9.93. The zero-order chi connectivity index (χ0) is 21.1. The molecular weight excluding hydrogens is 402 g/mol. The van der Waals surface area contributed by atoms with Crippen LogP contribution in [0.25, 0.3) is 0 Å². The normalized spacial score (nSPS) is 14.3. The van der Waals surface area contributed by atoms with E-state index in [1.165, 1.54) is 0 Å². The molecule has 0 fully saturated rings. The van der Waals surface area contributed by atoms with Crippen LogP contribution in [0.1, 0.15) is 50.6 Å². The van der Waals surface area contributed by atoms with Crippen LogP contribution < -0.4 is 10.7 Å². The average Bonchev–Trinajstić information content (AvgIpc) is 3.10. The summed E-state index contributed by atoms with van der Waals surface area (Å²) in [6, 6.07) is 15.8. The Balaban J connectivity index is 1.56. The molecule has 0 spiro atoms. The van der Waals surface area contributed by atoms with E-state index in [1.807, 2.05) is 37.3 Å². The molecule has 2 amide bonds. The smallest absolute Gasteiger partial charge is 0.291 e. The number of nitrogens with one attached hydrogen (secondary N) is 2. The number of furan rings is 1. The fourth-order valence-electron chi connectivity index (χ4n) is 3.49. The van der Waals surface area contributed by atoms with Gasteiger partial charge in [0.2, 0.25) is 0 Å². The van der Waals surface area contributed by atoms with Gasteiger partial charge in [-0.25, -0.2) is 5.43 Å². The first-order chi connectivity index (χ1) is 14.5. The minimum absolute atomic E-state index is 0.266. The van der Waals surface area contributed by atoms with Crippen LogP contribution >= 0.6 is 11.6 Å². The lowest BCUT2D eigenvalue weighted by molar-refractivity contribution is 0.0953. The van der Waals surface area contributed by atoms with Crippen molar-refractivity contribution in [2.75, 3.05) is 5.32 Å². The number of benzene rings is 2. The Morgan fingerprint density at radius 3 is 2.47 bits per heavy atom. The molecule has 30 heavy (non-hydrogen) atoms. The Labute approximate surface area is 178 Å². The van der Waals surface area contributed by atoms with Gasteiger partial charge in [-0.1, -0.05) is 29.8 Å². The van der Waals surface area contributed by atoms with Crippen molar-refractivity contribution in [2.45, 2.75) is 26.2 Å². The Kier molecular flexibility index (Phi) is 5.68. The number of carbonyl (C=O) groups excluding carboxylic acids is 2. The first-order valence-corrected chi connectivity index (χ1v) is 10.0. The first-order valence-electron chi connectivity index (χ1n) is 9.64. The van der Waals surface area contributed by atoms with E-state index in [1.54, 1.807) is 24.3 Å². The molecule has 4 rings (SSSR count). The Morgan fingerprint density at radius 1 is 1.00 bits per heavy atom. The number of hydrazone groups is 1. The first kappa shape index (κ1) is 19.9. The standard InChI is InChI=1S/C23H20ClN3O3/c1-14-20-18(26-27-22(28)15-10-12-16(24)13-11-15)8-5-9-19(20)30-21(14)23(29)25-17-6-3-2-4-7-17/h2-4,6-7,10-13H,5,8-9H2,1H3,(H,25,29)(H,27,28)/b26-18+. The third-order valence-corrected chi connectivity index (χ3v) is 5.21. The molecule has 6 nitrogen and oxygen atoms in total. The molecule has 0 saturated carbocycles. The number of halogens is 1.